The Balaban J connectivity index is 4.72. The van der Waals surface area contributed by atoms with Crippen molar-refractivity contribution < 1.29 is 24.6 Å². The highest BCUT2D eigenvalue weighted by molar-refractivity contribution is 6.35. The smallest absolute Gasteiger partial charge is 0.372 e. The number of carbonyl (C=O) groups excluding carboxylic acids is 1. The summed E-state index contributed by atoms with van der Waals surface area (Å²) in [6, 6.07) is 0. The first-order chi connectivity index (χ1) is 5.83. The molecule has 74 valence electrons. The second-order valence-corrected chi connectivity index (χ2v) is 3.12. The number of carbonyl (C=O) groups is 3. The van der Waals surface area contributed by atoms with Gasteiger partial charge in [0.25, 0.3) is 0 Å². The Kier molecular flexibility index (Phi) is 3.59. The van der Waals surface area contributed by atoms with Crippen molar-refractivity contribution in [3.8, 4) is 0 Å². The van der Waals surface area contributed by atoms with Gasteiger partial charge in [-0.2, -0.15) is 0 Å². The maximum Gasteiger partial charge on any atom is 0.372 e. The lowest BCUT2D eigenvalue weighted by Gasteiger charge is -2.21. The molecule has 2 N–H and O–H groups in total. The number of hydrogen-bond acceptors (Lipinski definition) is 3. The molecular formula is C8H12O5. The third kappa shape index (κ3) is 2.85. The predicted molar refractivity (Wildman–Crippen MR) is 43.3 cm³/mol. The van der Waals surface area contributed by atoms with Gasteiger partial charge in [-0.1, -0.05) is 13.8 Å². The number of carboxylic acid groups (broad SMARTS) is 2. The Bertz CT molecular complexity index is 245. The first-order valence-electron chi connectivity index (χ1n) is 3.83. The zero-order chi connectivity index (χ0) is 10.6. The maximum atomic E-state index is 11.1. The molecule has 0 saturated heterocycles. The van der Waals surface area contributed by atoms with Gasteiger partial charge in [-0.25, -0.2) is 4.79 Å². The summed E-state index contributed by atoms with van der Waals surface area (Å²) in [5, 5.41) is 16.9. The predicted octanol–water partition coefficient (Wildman–Crippen LogP) is 0.531. The summed E-state index contributed by atoms with van der Waals surface area (Å²) in [5.41, 5.74) is -1.29. The first kappa shape index (κ1) is 11.6. The minimum Gasteiger partial charge on any atom is -0.481 e. The first-order valence-corrected chi connectivity index (χ1v) is 3.83. The molecule has 0 aliphatic carbocycles. The van der Waals surface area contributed by atoms with Gasteiger partial charge in [0.2, 0.25) is 5.78 Å². The van der Waals surface area contributed by atoms with Crippen LogP contribution < -0.4 is 0 Å². The minimum absolute atomic E-state index is 0.199. The minimum atomic E-state index is -1.58. The van der Waals surface area contributed by atoms with E-state index in [4.69, 9.17) is 10.2 Å². The molecule has 0 amide bonds. The second kappa shape index (κ2) is 4.02. The summed E-state index contributed by atoms with van der Waals surface area (Å²) >= 11 is 0. The Morgan fingerprint density at radius 1 is 1.23 bits per heavy atom. The van der Waals surface area contributed by atoms with Gasteiger partial charge in [0.05, 0.1) is 6.42 Å². The molecule has 1 atom stereocenters. The number of hydrogen-bond donors (Lipinski definition) is 2. The molecule has 0 radical (unpaired) electrons. The van der Waals surface area contributed by atoms with Crippen LogP contribution in [-0.2, 0) is 14.4 Å². The zero-order valence-electron chi connectivity index (χ0n) is 7.53. The molecule has 0 spiro atoms. The van der Waals surface area contributed by atoms with Gasteiger partial charge in [-0.15, -0.1) is 0 Å². The molecule has 0 aromatic carbocycles. The van der Waals surface area contributed by atoms with Crippen molar-refractivity contribution in [1.82, 2.24) is 0 Å². The van der Waals surface area contributed by atoms with Gasteiger partial charge >= 0.3 is 11.9 Å². The molecule has 0 aromatic heterocycles. The highest BCUT2D eigenvalue weighted by atomic mass is 16.4. The summed E-state index contributed by atoms with van der Waals surface area (Å²) in [4.78, 5) is 31.8. The number of aliphatic carboxylic acids is 2. The van der Waals surface area contributed by atoms with Gasteiger partial charge in [0, 0.05) is 5.41 Å². The third-order valence-electron chi connectivity index (χ3n) is 2.06. The van der Waals surface area contributed by atoms with Gasteiger partial charge in [-0.05, 0) is 6.42 Å². The van der Waals surface area contributed by atoms with Crippen molar-refractivity contribution in [3.05, 3.63) is 0 Å². The Hall–Kier alpha value is -1.39. The summed E-state index contributed by atoms with van der Waals surface area (Å²) in [7, 11) is 0. The number of ketones is 1. The quantitative estimate of drug-likeness (QED) is 0.614. The summed E-state index contributed by atoms with van der Waals surface area (Å²) < 4.78 is 0. The van der Waals surface area contributed by atoms with Crippen LogP contribution in [0.3, 0.4) is 0 Å². The molecule has 5 nitrogen and oxygen atoms in total. The maximum absolute atomic E-state index is 11.1. The van der Waals surface area contributed by atoms with Crippen molar-refractivity contribution in [2.45, 2.75) is 26.7 Å². The molecule has 5 heteroatoms. The molecule has 0 fully saturated rings. The van der Waals surface area contributed by atoms with Crippen molar-refractivity contribution in [2.24, 2.45) is 5.41 Å². The fraction of sp³-hybridized carbons (Fsp3) is 0.625. The Morgan fingerprint density at radius 2 is 1.69 bits per heavy atom. The van der Waals surface area contributed by atoms with Crippen molar-refractivity contribution in [3.63, 3.8) is 0 Å². The standard InChI is InChI=1S/C8H12O5/c1-3-8(2,4-5(9)10)6(11)7(12)13/h3-4H2,1-2H3,(H,9,10)(H,12,13). The van der Waals surface area contributed by atoms with E-state index >= 15 is 0 Å². The molecule has 0 aromatic rings. The molecular weight excluding hydrogens is 176 g/mol. The van der Waals surface area contributed by atoms with Crippen LogP contribution in [0.15, 0.2) is 0 Å². The van der Waals surface area contributed by atoms with Gasteiger partial charge in [-0.3, -0.25) is 9.59 Å². The van der Waals surface area contributed by atoms with Crippen LogP contribution in [0.4, 0.5) is 0 Å². The van der Waals surface area contributed by atoms with Gasteiger partial charge < -0.3 is 10.2 Å². The topological polar surface area (TPSA) is 91.7 Å². The van der Waals surface area contributed by atoms with E-state index in [9.17, 15) is 14.4 Å². The molecule has 0 bridgehead atoms. The lowest BCUT2D eigenvalue weighted by molar-refractivity contribution is -0.156. The van der Waals surface area contributed by atoms with E-state index in [0.717, 1.165) is 0 Å². The fourth-order valence-corrected chi connectivity index (χ4v) is 0.958. The van der Waals surface area contributed by atoms with Crippen LogP contribution in [0.2, 0.25) is 0 Å². The monoisotopic (exact) mass is 188 g/mol. The van der Waals surface area contributed by atoms with Crippen LogP contribution in [0.5, 0.6) is 0 Å². The van der Waals surface area contributed by atoms with E-state index in [2.05, 4.69) is 0 Å². The number of carboxylic acids is 2. The van der Waals surface area contributed by atoms with E-state index in [1.807, 2.05) is 0 Å². The number of rotatable bonds is 5. The number of Topliss-reactive ketones (excluding diaryl/α,β-unsaturated/α-hetero) is 1. The molecule has 0 rings (SSSR count). The van der Waals surface area contributed by atoms with E-state index in [0.29, 0.717) is 0 Å². The van der Waals surface area contributed by atoms with Crippen LogP contribution in [0, 0.1) is 5.41 Å². The summed E-state index contributed by atoms with van der Waals surface area (Å²) in [6.45, 7) is 2.93. The average molecular weight is 188 g/mol. The molecule has 0 aliphatic rings. The lowest BCUT2D eigenvalue weighted by Crippen LogP contribution is -2.35. The third-order valence-corrected chi connectivity index (χ3v) is 2.06. The van der Waals surface area contributed by atoms with Crippen molar-refractivity contribution >= 4 is 17.7 Å². The van der Waals surface area contributed by atoms with Crippen LogP contribution in [-0.4, -0.2) is 27.9 Å². The van der Waals surface area contributed by atoms with Gasteiger partial charge in [0.15, 0.2) is 0 Å². The molecule has 1 unspecified atom stereocenters. The molecule has 0 heterocycles. The highest BCUT2D eigenvalue weighted by Gasteiger charge is 2.37. The van der Waals surface area contributed by atoms with Crippen LogP contribution >= 0.6 is 0 Å². The average Bonchev–Trinajstić information content (AvgIpc) is 2.01. The van der Waals surface area contributed by atoms with Crippen LogP contribution in [0.25, 0.3) is 0 Å². The molecule has 0 aliphatic heterocycles. The van der Waals surface area contributed by atoms with Gasteiger partial charge in [0.1, 0.15) is 0 Å². The fourth-order valence-electron chi connectivity index (χ4n) is 0.958. The summed E-state index contributed by atoms with van der Waals surface area (Å²) in [6.07, 6.45) is -0.251. The Morgan fingerprint density at radius 3 is 1.92 bits per heavy atom. The molecule has 13 heavy (non-hydrogen) atoms. The molecule has 0 saturated carbocycles. The second-order valence-electron chi connectivity index (χ2n) is 3.12. The highest BCUT2D eigenvalue weighted by Crippen LogP contribution is 2.26. The largest absolute Gasteiger partial charge is 0.481 e. The van der Waals surface area contributed by atoms with Crippen LogP contribution in [0.1, 0.15) is 26.7 Å². The van der Waals surface area contributed by atoms with Crippen molar-refractivity contribution in [1.29, 1.82) is 0 Å². The van der Waals surface area contributed by atoms with E-state index < -0.39 is 29.6 Å². The van der Waals surface area contributed by atoms with E-state index in [1.54, 1.807) is 6.92 Å². The normalized spacial score (nSPS) is 14.6. The van der Waals surface area contributed by atoms with E-state index in [-0.39, 0.29) is 6.42 Å². The Labute approximate surface area is 75.4 Å². The summed E-state index contributed by atoms with van der Waals surface area (Å²) in [5.74, 6) is -3.79. The van der Waals surface area contributed by atoms with Crippen molar-refractivity contribution in [2.75, 3.05) is 0 Å². The van der Waals surface area contributed by atoms with E-state index in [1.165, 1.54) is 6.92 Å². The zero-order valence-corrected chi connectivity index (χ0v) is 7.53. The SMILES string of the molecule is CCC(C)(CC(=O)O)C(=O)C(=O)O. The lowest BCUT2D eigenvalue weighted by atomic mass is 9.80.